The zero-order valence-corrected chi connectivity index (χ0v) is 9.02. The predicted molar refractivity (Wildman–Crippen MR) is 52.7 cm³/mol. The van der Waals surface area contributed by atoms with Crippen molar-refractivity contribution in [1.82, 2.24) is 4.98 Å². The lowest BCUT2D eigenvalue weighted by molar-refractivity contribution is 0.0593. The predicted octanol–water partition coefficient (Wildman–Crippen LogP) is 1.87. The van der Waals surface area contributed by atoms with Gasteiger partial charge in [-0.2, -0.15) is 0 Å². The molecule has 70 valence electrons. The molecule has 1 aromatic rings. The van der Waals surface area contributed by atoms with Crippen LogP contribution in [-0.4, -0.2) is 18.1 Å². The number of nitrogens with zero attached hydrogens (tertiary/aromatic N) is 1. The number of rotatable bonds is 1. The first-order valence-corrected chi connectivity index (χ1v) is 4.43. The van der Waals surface area contributed by atoms with Crippen molar-refractivity contribution in [3.8, 4) is 0 Å². The van der Waals surface area contributed by atoms with Crippen molar-refractivity contribution < 1.29 is 9.53 Å². The number of anilines is 1. The Kier molecular flexibility index (Phi) is 3.11. The molecule has 1 aromatic heterocycles. The van der Waals surface area contributed by atoms with Crippen molar-refractivity contribution in [1.29, 1.82) is 0 Å². The van der Waals surface area contributed by atoms with Crippen LogP contribution < -0.4 is 5.73 Å². The molecule has 6 heteroatoms. The minimum absolute atomic E-state index is 0.0764. The maximum Gasteiger partial charge on any atom is 0.357 e. The molecule has 2 N–H and O–H groups in total. The third-order valence-corrected chi connectivity index (χ3v) is 2.64. The summed E-state index contributed by atoms with van der Waals surface area (Å²) in [5, 5.41) is 0.327. The number of halogens is 2. The molecule has 0 fully saturated rings. The number of hydrogen-bond donors (Lipinski definition) is 1. The van der Waals surface area contributed by atoms with E-state index < -0.39 is 5.97 Å². The average molecular weight is 265 g/mol. The van der Waals surface area contributed by atoms with E-state index in [0.29, 0.717) is 9.50 Å². The van der Waals surface area contributed by atoms with E-state index in [0.717, 1.165) is 0 Å². The third-order valence-electron chi connectivity index (χ3n) is 1.31. The van der Waals surface area contributed by atoms with Gasteiger partial charge in [0.15, 0.2) is 5.69 Å². The lowest BCUT2D eigenvalue weighted by atomic mass is 10.3. The van der Waals surface area contributed by atoms with Gasteiger partial charge in [0.05, 0.1) is 16.6 Å². The number of carbonyl (C=O) groups is 1. The Bertz CT molecular complexity index is 357. The van der Waals surface area contributed by atoms with Gasteiger partial charge in [-0.3, -0.25) is 0 Å². The van der Waals surface area contributed by atoms with Crippen molar-refractivity contribution in [2.75, 3.05) is 12.8 Å². The molecule has 0 saturated carbocycles. The first-order chi connectivity index (χ1) is 6.06. The Balaban J connectivity index is 3.28. The van der Waals surface area contributed by atoms with Crippen LogP contribution in [0.3, 0.4) is 0 Å². The Morgan fingerprint density at radius 2 is 2.38 bits per heavy atom. The van der Waals surface area contributed by atoms with E-state index >= 15 is 0 Å². The highest BCUT2D eigenvalue weighted by Gasteiger charge is 2.15. The highest BCUT2D eigenvalue weighted by atomic mass is 79.9. The Hall–Kier alpha value is -0.810. The van der Waals surface area contributed by atoms with Crippen molar-refractivity contribution in [2.45, 2.75) is 0 Å². The molecule has 1 rings (SSSR count). The lowest BCUT2D eigenvalue weighted by Gasteiger charge is -2.03. The second kappa shape index (κ2) is 3.93. The Labute approximate surface area is 88.2 Å². The molecule has 0 atom stereocenters. The van der Waals surface area contributed by atoms with E-state index in [-0.39, 0.29) is 11.5 Å². The van der Waals surface area contributed by atoms with Gasteiger partial charge in [-0.15, -0.1) is 0 Å². The summed E-state index contributed by atoms with van der Waals surface area (Å²) in [6.45, 7) is 0. The van der Waals surface area contributed by atoms with Crippen LogP contribution in [0.1, 0.15) is 10.5 Å². The first kappa shape index (κ1) is 10.3. The largest absolute Gasteiger partial charge is 0.464 e. The van der Waals surface area contributed by atoms with Crippen LogP contribution in [0.2, 0.25) is 5.02 Å². The molecule has 0 amide bonds. The molecule has 0 aliphatic carbocycles. The normalized spacial score (nSPS) is 9.77. The molecular weight excluding hydrogens is 259 g/mol. The number of nitrogen functional groups attached to an aromatic ring is 1. The summed E-state index contributed by atoms with van der Waals surface area (Å²) in [5.74, 6) is -0.408. The van der Waals surface area contributed by atoms with Gasteiger partial charge >= 0.3 is 5.97 Å². The second-order valence-corrected chi connectivity index (χ2v) is 3.38. The van der Waals surface area contributed by atoms with Gasteiger partial charge in [0.25, 0.3) is 0 Å². The molecule has 0 aliphatic rings. The molecule has 0 saturated heterocycles. The third kappa shape index (κ3) is 2.10. The summed E-state index contributed by atoms with van der Waals surface area (Å²) in [5.41, 5.74) is 5.47. The molecule has 0 unspecified atom stereocenters. The topological polar surface area (TPSA) is 65.2 Å². The number of esters is 1. The number of pyridine rings is 1. The molecule has 0 aromatic carbocycles. The molecule has 1 heterocycles. The number of carbonyl (C=O) groups excluding carboxylic acids is 1. The summed E-state index contributed by atoms with van der Waals surface area (Å²) in [7, 11) is 1.26. The molecule has 0 radical (unpaired) electrons. The van der Waals surface area contributed by atoms with Crippen LogP contribution in [0.5, 0.6) is 0 Å². The van der Waals surface area contributed by atoms with Crippen LogP contribution in [0.25, 0.3) is 0 Å². The van der Waals surface area contributed by atoms with Crippen molar-refractivity contribution >= 4 is 39.3 Å². The van der Waals surface area contributed by atoms with E-state index in [1.165, 1.54) is 13.2 Å². The smallest absolute Gasteiger partial charge is 0.357 e. The van der Waals surface area contributed by atoms with E-state index in [4.69, 9.17) is 17.3 Å². The van der Waals surface area contributed by atoms with Gasteiger partial charge in [-0.1, -0.05) is 11.6 Å². The van der Waals surface area contributed by atoms with Crippen LogP contribution in [0, 0.1) is 0 Å². The highest BCUT2D eigenvalue weighted by molar-refractivity contribution is 9.10. The summed E-state index contributed by atoms with van der Waals surface area (Å²) in [4.78, 5) is 14.9. The Morgan fingerprint density at radius 1 is 1.77 bits per heavy atom. The van der Waals surface area contributed by atoms with Gasteiger partial charge in [0.1, 0.15) is 5.82 Å². The molecule has 13 heavy (non-hydrogen) atoms. The molecule has 4 nitrogen and oxygen atoms in total. The number of hydrogen-bond acceptors (Lipinski definition) is 4. The highest BCUT2D eigenvalue weighted by Crippen LogP contribution is 2.27. The summed E-state index contributed by atoms with van der Waals surface area (Å²) in [6.07, 6.45) is 0. The fraction of sp³-hybridized carbons (Fsp3) is 0.143. The number of methoxy groups -OCH3 is 1. The summed E-state index contributed by atoms with van der Waals surface area (Å²) >= 11 is 8.85. The Morgan fingerprint density at radius 3 is 2.92 bits per heavy atom. The SMILES string of the molecule is COC(=O)c1nc(N)cc(Cl)c1Br. The van der Waals surface area contributed by atoms with Crippen LogP contribution in [0.4, 0.5) is 5.82 Å². The first-order valence-electron chi connectivity index (χ1n) is 3.26. The van der Waals surface area contributed by atoms with E-state index in [1.807, 2.05) is 0 Å². The summed E-state index contributed by atoms with van der Waals surface area (Å²) < 4.78 is 4.87. The van der Waals surface area contributed by atoms with E-state index in [9.17, 15) is 4.79 Å². The van der Waals surface area contributed by atoms with Gasteiger partial charge in [0.2, 0.25) is 0 Å². The van der Waals surface area contributed by atoms with Crippen LogP contribution in [-0.2, 0) is 4.74 Å². The maximum atomic E-state index is 11.1. The van der Waals surface area contributed by atoms with Gasteiger partial charge in [-0.25, -0.2) is 9.78 Å². The quantitative estimate of drug-likeness (QED) is 0.787. The maximum absolute atomic E-state index is 11.1. The standard InChI is InChI=1S/C7H6BrClN2O2/c1-13-7(12)6-5(8)3(9)2-4(10)11-6/h2H,1H3,(H2,10,11). The molecular formula is C7H6BrClN2O2. The molecule has 0 aliphatic heterocycles. The average Bonchev–Trinajstić information content (AvgIpc) is 2.10. The zero-order valence-electron chi connectivity index (χ0n) is 6.67. The molecule has 0 spiro atoms. The monoisotopic (exact) mass is 264 g/mol. The van der Waals surface area contributed by atoms with Gasteiger partial charge in [-0.05, 0) is 15.9 Å². The van der Waals surface area contributed by atoms with E-state index in [2.05, 4.69) is 25.7 Å². The fourth-order valence-corrected chi connectivity index (χ4v) is 1.31. The number of aromatic nitrogens is 1. The van der Waals surface area contributed by atoms with Crippen molar-refractivity contribution in [3.63, 3.8) is 0 Å². The van der Waals surface area contributed by atoms with Gasteiger partial charge < -0.3 is 10.5 Å². The van der Waals surface area contributed by atoms with Crippen LogP contribution >= 0.6 is 27.5 Å². The number of nitrogens with two attached hydrogens (primary N) is 1. The zero-order chi connectivity index (χ0) is 10.0. The van der Waals surface area contributed by atoms with Crippen molar-refractivity contribution in [3.05, 3.63) is 21.3 Å². The van der Waals surface area contributed by atoms with Gasteiger partial charge in [0, 0.05) is 6.07 Å². The fourth-order valence-electron chi connectivity index (χ4n) is 0.749. The molecule has 0 bridgehead atoms. The van der Waals surface area contributed by atoms with E-state index in [1.54, 1.807) is 0 Å². The second-order valence-electron chi connectivity index (χ2n) is 2.18. The number of ether oxygens (including phenoxy) is 1. The minimum Gasteiger partial charge on any atom is -0.464 e. The summed E-state index contributed by atoms with van der Waals surface area (Å²) in [6, 6.07) is 1.44. The van der Waals surface area contributed by atoms with Crippen molar-refractivity contribution in [2.24, 2.45) is 0 Å². The minimum atomic E-state index is -0.582. The lowest BCUT2D eigenvalue weighted by Crippen LogP contribution is -2.07. The van der Waals surface area contributed by atoms with Crippen LogP contribution in [0.15, 0.2) is 10.5 Å².